The minimum absolute atomic E-state index is 0.812. The number of hydrogen-bond acceptors (Lipinski definition) is 2. The van der Waals surface area contributed by atoms with Crippen LogP contribution in [0, 0.1) is 11.8 Å². The van der Waals surface area contributed by atoms with E-state index in [1.807, 2.05) is 13.1 Å². The predicted molar refractivity (Wildman–Crippen MR) is 74.8 cm³/mol. The second kappa shape index (κ2) is 5.28. The fraction of sp³-hybridized carbons (Fsp3) is 0.571. The maximum absolute atomic E-state index is 6.05. The Morgan fingerprint density at radius 1 is 1.47 bits per heavy atom. The molecule has 0 heterocycles. The van der Waals surface area contributed by atoms with Crippen molar-refractivity contribution < 1.29 is 0 Å². The molecule has 94 valence electrons. The number of rotatable bonds is 5. The summed E-state index contributed by atoms with van der Waals surface area (Å²) in [6.07, 6.45) is 1.37. The van der Waals surface area contributed by atoms with Gasteiger partial charge < -0.3 is 10.2 Å². The quantitative estimate of drug-likeness (QED) is 0.866. The summed E-state index contributed by atoms with van der Waals surface area (Å²) in [6.45, 7) is 4.34. The molecule has 1 aromatic carbocycles. The third kappa shape index (κ3) is 3.14. The summed E-state index contributed by atoms with van der Waals surface area (Å²) in [7, 11) is 4.14. The van der Waals surface area contributed by atoms with E-state index in [1.54, 1.807) is 0 Å². The molecule has 1 aliphatic carbocycles. The highest BCUT2D eigenvalue weighted by molar-refractivity contribution is 6.30. The molecule has 0 spiro atoms. The number of nitrogens with zero attached hydrogens (tertiary/aromatic N) is 1. The van der Waals surface area contributed by atoms with E-state index in [0.29, 0.717) is 0 Å². The lowest BCUT2D eigenvalue weighted by Crippen LogP contribution is -2.22. The average molecular weight is 253 g/mol. The van der Waals surface area contributed by atoms with E-state index in [1.165, 1.54) is 17.7 Å². The predicted octanol–water partition coefficient (Wildman–Crippen LogP) is 3.15. The summed E-state index contributed by atoms with van der Waals surface area (Å²) in [6, 6.07) is 6.16. The third-order valence-electron chi connectivity index (χ3n) is 3.60. The Hall–Kier alpha value is -0.730. The van der Waals surface area contributed by atoms with Crippen LogP contribution >= 0.6 is 11.6 Å². The second-order valence-electron chi connectivity index (χ2n) is 5.16. The number of nitrogens with one attached hydrogen (secondary N) is 1. The van der Waals surface area contributed by atoms with Crippen LogP contribution in [-0.2, 0) is 6.54 Å². The molecule has 0 amide bonds. The molecule has 2 atom stereocenters. The van der Waals surface area contributed by atoms with E-state index in [-0.39, 0.29) is 0 Å². The Labute approximate surface area is 109 Å². The summed E-state index contributed by atoms with van der Waals surface area (Å²) in [5.41, 5.74) is 2.57. The Morgan fingerprint density at radius 2 is 2.18 bits per heavy atom. The molecule has 2 unspecified atom stereocenters. The van der Waals surface area contributed by atoms with Crippen LogP contribution in [0.2, 0.25) is 5.02 Å². The van der Waals surface area contributed by atoms with E-state index in [0.717, 1.165) is 29.9 Å². The highest BCUT2D eigenvalue weighted by atomic mass is 35.5. The van der Waals surface area contributed by atoms with Crippen molar-refractivity contribution in [3.63, 3.8) is 0 Å². The van der Waals surface area contributed by atoms with Crippen molar-refractivity contribution >= 4 is 17.3 Å². The van der Waals surface area contributed by atoms with Gasteiger partial charge in [0.2, 0.25) is 0 Å². The first-order valence-electron chi connectivity index (χ1n) is 6.26. The van der Waals surface area contributed by atoms with E-state index in [2.05, 4.69) is 36.3 Å². The molecule has 1 saturated carbocycles. The number of benzene rings is 1. The minimum atomic E-state index is 0.812. The van der Waals surface area contributed by atoms with Crippen molar-refractivity contribution in [3.05, 3.63) is 28.8 Å². The van der Waals surface area contributed by atoms with E-state index in [4.69, 9.17) is 11.6 Å². The molecule has 2 rings (SSSR count). The van der Waals surface area contributed by atoms with Gasteiger partial charge >= 0.3 is 0 Å². The normalized spacial score (nSPS) is 22.6. The highest BCUT2D eigenvalue weighted by Crippen LogP contribution is 2.39. The summed E-state index contributed by atoms with van der Waals surface area (Å²) in [5.74, 6) is 1.77. The molecule has 0 radical (unpaired) electrons. The van der Waals surface area contributed by atoms with Crippen LogP contribution in [0.15, 0.2) is 18.2 Å². The first kappa shape index (κ1) is 12.7. The monoisotopic (exact) mass is 252 g/mol. The smallest absolute Gasteiger partial charge is 0.0410 e. The largest absolute Gasteiger partial charge is 0.374 e. The van der Waals surface area contributed by atoms with Crippen LogP contribution in [0.3, 0.4) is 0 Å². The Balaban J connectivity index is 2.12. The van der Waals surface area contributed by atoms with Crippen molar-refractivity contribution in [3.8, 4) is 0 Å². The van der Waals surface area contributed by atoms with Crippen molar-refractivity contribution in [1.29, 1.82) is 0 Å². The van der Waals surface area contributed by atoms with Crippen molar-refractivity contribution in [2.75, 3.05) is 25.5 Å². The van der Waals surface area contributed by atoms with Gasteiger partial charge in [-0.3, -0.25) is 0 Å². The van der Waals surface area contributed by atoms with Crippen LogP contribution in [0.25, 0.3) is 0 Å². The van der Waals surface area contributed by atoms with Gasteiger partial charge in [-0.2, -0.15) is 0 Å². The van der Waals surface area contributed by atoms with Gasteiger partial charge in [-0.05, 0) is 49.1 Å². The lowest BCUT2D eigenvalue weighted by Gasteiger charge is -2.23. The van der Waals surface area contributed by atoms with E-state index >= 15 is 0 Å². The highest BCUT2D eigenvalue weighted by Gasteiger charge is 2.33. The first-order valence-corrected chi connectivity index (χ1v) is 6.63. The van der Waals surface area contributed by atoms with E-state index < -0.39 is 0 Å². The average Bonchev–Trinajstić information content (AvgIpc) is 2.94. The Kier molecular flexibility index (Phi) is 3.95. The Morgan fingerprint density at radius 3 is 2.76 bits per heavy atom. The number of hydrogen-bond donors (Lipinski definition) is 1. The molecule has 1 fully saturated rings. The number of anilines is 1. The molecule has 0 saturated heterocycles. The molecule has 1 aromatic rings. The summed E-state index contributed by atoms with van der Waals surface area (Å²) in [4.78, 5) is 2.36. The third-order valence-corrected chi connectivity index (χ3v) is 3.84. The molecule has 2 nitrogen and oxygen atoms in total. The first-order chi connectivity index (χ1) is 8.11. The van der Waals surface area contributed by atoms with Crippen molar-refractivity contribution in [2.45, 2.75) is 19.9 Å². The zero-order chi connectivity index (χ0) is 12.4. The second-order valence-corrected chi connectivity index (χ2v) is 5.59. The van der Waals surface area contributed by atoms with Gasteiger partial charge in [0.15, 0.2) is 0 Å². The fourth-order valence-electron chi connectivity index (χ4n) is 2.36. The van der Waals surface area contributed by atoms with Gasteiger partial charge in [-0.1, -0.05) is 18.5 Å². The zero-order valence-corrected chi connectivity index (χ0v) is 11.6. The lowest BCUT2D eigenvalue weighted by molar-refractivity contribution is 0.719. The molecule has 0 bridgehead atoms. The molecule has 1 N–H and O–H groups in total. The maximum Gasteiger partial charge on any atom is 0.0410 e. The standard InChI is InChI=1S/C14H21ClN2/c1-10-6-12(10)9-17(3)14-5-4-13(15)7-11(14)8-16-2/h4-5,7,10,12,16H,6,8-9H2,1-3H3. The summed E-state index contributed by atoms with van der Waals surface area (Å²) >= 11 is 6.05. The zero-order valence-electron chi connectivity index (χ0n) is 10.8. The lowest BCUT2D eigenvalue weighted by atomic mass is 10.1. The molecular formula is C14H21ClN2. The van der Waals surface area contributed by atoms with Crippen LogP contribution < -0.4 is 10.2 Å². The maximum atomic E-state index is 6.05. The van der Waals surface area contributed by atoms with Gasteiger partial charge in [0, 0.05) is 30.8 Å². The van der Waals surface area contributed by atoms with Crippen LogP contribution in [0.4, 0.5) is 5.69 Å². The fourth-order valence-corrected chi connectivity index (χ4v) is 2.56. The Bertz CT molecular complexity index is 392. The number of halogens is 1. The molecule has 1 aliphatic rings. The molecular weight excluding hydrogens is 232 g/mol. The van der Waals surface area contributed by atoms with Crippen LogP contribution in [-0.4, -0.2) is 20.6 Å². The SMILES string of the molecule is CNCc1cc(Cl)ccc1N(C)CC1CC1C. The molecule has 0 aliphatic heterocycles. The summed E-state index contributed by atoms with van der Waals surface area (Å²) < 4.78 is 0. The summed E-state index contributed by atoms with van der Waals surface area (Å²) in [5, 5.41) is 4.01. The molecule has 0 aromatic heterocycles. The van der Waals surface area contributed by atoms with E-state index in [9.17, 15) is 0 Å². The molecule has 3 heteroatoms. The van der Waals surface area contributed by atoms with Gasteiger partial charge in [-0.25, -0.2) is 0 Å². The van der Waals surface area contributed by atoms with Gasteiger partial charge in [-0.15, -0.1) is 0 Å². The van der Waals surface area contributed by atoms with Gasteiger partial charge in [0.05, 0.1) is 0 Å². The van der Waals surface area contributed by atoms with Gasteiger partial charge in [0.1, 0.15) is 0 Å². The van der Waals surface area contributed by atoms with Crippen LogP contribution in [0.5, 0.6) is 0 Å². The van der Waals surface area contributed by atoms with Crippen molar-refractivity contribution in [1.82, 2.24) is 5.32 Å². The minimum Gasteiger partial charge on any atom is -0.374 e. The topological polar surface area (TPSA) is 15.3 Å². The van der Waals surface area contributed by atoms with Crippen LogP contribution in [0.1, 0.15) is 18.9 Å². The molecule has 17 heavy (non-hydrogen) atoms. The van der Waals surface area contributed by atoms with Gasteiger partial charge in [0.25, 0.3) is 0 Å². The van der Waals surface area contributed by atoms with Crippen molar-refractivity contribution in [2.24, 2.45) is 11.8 Å².